The number of rotatable bonds is 7. The summed E-state index contributed by atoms with van der Waals surface area (Å²) in [6.07, 6.45) is 4.58. The van der Waals surface area contributed by atoms with Crippen LogP contribution in [-0.4, -0.2) is 24.8 Å². The molecule has 0 atom stereocenters. The van der Waals surface area contributed by atoms with Crippen molar-refractivity contribution >= 4 is 11.6 Å². The Labute approximate surface area is 83.2 Å². The second-order valence-corrected chi connectivity index (χ2v) is 2.24. The average molecular weight is 198 g/mol. The third-order valence-electron chi connectivity index (χ3n) is 1.21. The van der Waals surface area contributed by atoms with Crippen molar-refractivity contribution < 1.29 is 19.1 Å². The molecule has 0 heterocycles. The summed E-state index contributed by atoms with van der Waals surface area (Å²) in [6.45, 7) is 4.50. The van der Waals surface area contributed by atoms with Crippen LogP contribution in [0.1, 0.15) is 13.8 Å². The van der Waals surface area contributed by atoms with E-state index in [1.54, 1.807) is 13.8 Å². The molecule has 14 heavy (non-hydrogen) atoms. The molecule has 0 saturated carbocycles. The Morgan fingerprint density at radius 3 is 1.57 bits per heavy atom. The molecular formula is C10H14O4. The zero-order valence-corrected chi connectivity index (χ0v) is 8.36. The van der Waals surface area contributed by atoms with E-state index in [0.29, 0.717) is 13.2 Å². The van der Waals surface area contributed by atoms with E-state index in [2.05, 4.69) is 0 Å². The Kier molecular flexibility index (Phi) is 7.13. The van der Waals surface area contributed by atoms with E-state index in [0.717, 1.165) is 12.2 Å². The number of carbonyl (C=O) groups excluding carboxylic acids is 2. The maximum atomic E-state index is 11.0. The van der Waals surface area contributed by atoms with Crippen molar-refractivity contribution in [1.29, 1.82) is 0 Å². The van der Waals surface area contributed by atoms with E-state index in [9.17, 15) is 9.59 Å². The molecule has 0 aliphatic carbocycles. The first kappa shape index (κ1) is 12.4. The first-order valence-electron chi connectivity index (χ1n) is 4.37. The Balaban J connectivity index is 3.93. The van der Waals surface area contributed by atoms with Gasteiger partial charge in [-0.3, -0.25) is 9.59 Å². The molecule has 4 heteroatoms. The van der Waals surface area contributed by atoms with E-state index >= 15 is 0 Å². The number of ketones is 2. The summed E-state index contributed by atoms with van der Waals surface area (Å²) in [4.78, 5) is 22.0. The minimum Gasteiger partial charge on any atom is -0.501 e. The van der Waals surface area contributed by atoms with E-state index in [4.69, 9.17) is 9.47 Å². The first-order valence-corrected chi connectivity index (χ1v) is 4.37. The minimum absolute atomic E-state index is 0.465. The number of allylic oxidation sites excluding steroid dienone is 2. The van der Waals surface area contributed by atoms with Crippen molar-refractivity contribution in [2.24, 2.45) is 0 Å². The molecule has 0 bridgehead atoms. The van der Waals surface area contributed by atoms with E-state index in [1.165, 1.54) is 12.5 Å². The maximum Gasteiger partial charge on any atom is 0.228 e. The quantitative estimate of drug-likeness (QED) is 0.350. The monoisotopic (exact) mass is 198 g/mol. The molecule has 0 aromatic carbocycles. The third kappa shape index (κ3) is 5.99. The molecular weight excluding hydrogens is 184 g/mol. The molecule has 0 aliphatic rings. The van der Waals surface area contributed by atoms with Crippen LogP contribution in [-0.2, 0) is 19.1 Å². The largest absolute Gasteiger partial charge is 0.501 e. The van der Waals surface area contributed by atoms with Gasteiger partial charge in [0.15, 0.2) is 0 Å². The second kappa shape index (κ2) is 8.04. The lowest BCUT2D eigenvalue weighted by molar-refractivity contribution is -0.131. The standard InChI is InChI=1S/C10H14O4/c1-3-13-7-5-9(11)10(12)6-8-14-4-2/h5-8H,3-4H2,1-2H3/b7-5+,8-6+. The zero-order valence-electron chi connectivity index (χ0n) is 8.36. The van der Waals surface area contributed by atoms with Crippen LogP contribution in [0.2, 0.25) is 0 Å². The molecule has 0 radical (unpaired) electrons. The van der Waals surface area contributed by atoms with Crippen LogP contribution in [0, 0.1) is 0 Å². The van der Waals surface area contributed by atoms with Crippen LogP contribution >= 0.6 is 0 Å². The molecule has 4 nitrogen and oxygen atoms in total. The summed E-state index contributed by atoms with van der Waals surface area (Å²) >= 11 is 0. The number of carbonyl (C=O) groups is 2. The normalized spacial score (nSPS) is 10.7. The average Bonchev–Trinajstić information content (AvgIpc) is 2.18. The highest BCUT2D eigenvalue weighted by atomic mass is 16.5. The first-order chi connectivity index (χ1) is 6.72. The summed E-state index contributed by atoms with van der Waals surface area (Å²) in [7, 11) is 0. The molecule has 0 N–H and O–H groups in total. The fourth-order valence-electron chi connectivity index (χ4n) is 0.577. The maximum absolute atomic E-state index is 11.0. The van der Waals surface area contributed by atoms with Crippen molar-refractivity contribution in [3.8, 4) is 0 Å². The molecule has 0 saturated heterocycles. The van der Waals surface area contributed by atoms with Gasteiger partial charge in [-0.05, 0) is 13.8 Å². The van der Waals surface area contributed by atoms with Gasteiger partial charge in [-0.15, -0.1) is 0 Å². The summed E-state index contributed by atoms with van der Waals surface area (Å²) in [5.41, 5.74) is 0. The molecule has 0 aromatic rings. The smallest absolute Gasteiger partial charge is 0.228 e. The van der Waals surface area contributed by atoms with Gasteiger partial charge in [0.2, 0.25) is 11.6 Å². The number of hydrogen-bond donors (Lipinski definition) is 0. The summed E-state index contributed by atoms with van der Waals surface area (Å²) in [6, 6.07) is 0. The Hall–Kier alpha value is -1.58. The van der Waals surface area contributed by atoms with Crippen molar-refractivity contribution in [3.05, 3.63) is 24.7 Å². The van der Waals surface area contributed by atoms with Gasteiger partial charge in [-0.2, -0.15) is 0 Å². The van der Waals surface area contributed by atoms with Gasteiger partial charge in [0, 0.05) is 12.2 Å². The molecule has 0 spiro atoms. The summed E-state index contributed by atoms with van der Waals surface area (Å²) in [5, 5.41) is 0. The van der Waals surface area contributed by atoms with Crippen LogP contribution in [0.4, 0.5) is 0 Å². The fourth-order valence-corrected chi connectivity index (χ4v) is 0.577. The van der Waals surface area contributed by atoms with Crippen LogP contribution in [0.15, 0.2) is 24.7 Å². The van der Waals surface area contributed by atoms with E-state index in [-0.39, 0.29) is 0 Å². The van der Waals surface area contributed by atoms with Crippen molar-refractivity contribution in [1.82, 2.24) is 0 Å². The molecule has 0 unspecified atom stereocenters. The topological polar surface area (TPSA) is 52.6 Å². The second-order valence-electron chi connectivity index (χ2n) is 2.24. The highest BCUT2D eigenvalue weighted by Crippen LogP contribution is 1.86. The molecule has 0 aromatic heterocycles. The molecule has 0 aliphatic heterocycles. The Bertz CT molecular complexity index is 215. The van der Waals surface area contributed by atoms with Crippen molar-refractivity contribution in [3.63, 3.8) is 0 Å². The van der Waals surface area contributed by atoms with Crippen molar-refractivity contribution in [2.75, 3.05) is 13.2 Å². The van der Waals surface area contributed by atoms with Crippen LogP contribution in [0.3, 0.4) is 0 Å². The zero-order chi connectivity index (χ0) is 10.8. The highest BCUT2D eigenvalue weighted by molar-refractivity contribution is 6.45. The van der Waals surface area contributed by atoms with Gasteiger partial charge >= 0.3 is 0 Å². The van der Waals surface area contributed by atoms with Gasteiger partial charge in [0.1, 0.15) is 0 Å². The third-order valence-corrected chi connectivity index (χ3v) is 1.21. The SMILES string of the molecule is CCO/C=C/C(=O)C(=O)/C=C/OCC. The van der Waals surface area contributed by atoms with Gasteiger partial charge < -0.3 is 9.47 Å². The highest BCUT2D eigenvalue weighted by Gasteiger charge is 2.05. The summed E-state index contributed by atoms with van der Waals surface area (Å²) < 4.78 is 9.54. The minimum atomic E-state index is -0.630. The number of ether oxygens (including phenoxy) is 2. The van der Waals surface area contributed by atoms with Crippen LogP contribution in [0.25, 0.3) is 0 Å². The predicted octanol–water partition coefficient (Wildman–Crippen LogP) is 1.22. The lowest BCUT2D eigenvalue weighted by Gasteiger charge is -1.92. The Morgan fingerprint density at radius 2 is 1.29 bits per heavy atom. The predicted molar refractivity (Wildman–Crippen MR) is 51.5 cm³/mol. The van der Waals surface area contributed by atoms with E-state index in [1.807, 2.05) is 0 Å². The van der Waals surface area contributed by atoms with Gasteiger partial charge in [-0.25, -0.2) is 0 Å². The van der Waals surface area contributed by atoms with Gasteiger partial charge in [0.25, 0.3) is 0 Å². The van der Waals surface area contributed by atoms with Crippen LogP contribution in [0.5, 0.6) is 0 Å². The fraction of sp³-hybridized carbons (Fsp3) is 0.400. The van der Waals surface area contributed by atoms with Gasteiger partial charge in [-0.1, -0.05) is 0 Å². The van der Waals surface area contributed by atoms with Crippen LogP contribution < -0.4 is 0 Å². The molecule has 0 rings (SSSR count). The van der Waals surface area contributed by atoms with Gasteiger partial charge in [0.05, 0.1) is 25.7 Å². The lowest BCUT2D eigenvalue weighted by Crippen LogP contribution is -2.07. The Morgan fingerprint density at radius 1 is 0.929 bits per heavy atom. The number of hydrogen-bond acceptors (Lipinski definition) is 4. The lowest BCUT2D eigenvalue weighted by atomic mass is 10.2. The molecule has 0 fully saturated rings. The van der Waals surface area contributed by atoms with E-state index < -0.39 is 11.6 Å². The molecule has 78 valence electrons. The summed E-state index contributed by atoms with van der Waals surface area (Å²) in [5.74, 6) is -1.26. The van der Waals surface area contributed by atoms with Crippen molar-refractivity contribution in [2.45, 2.75) is 13.8 Å². The molecule has 0 amide bonds.